The minimum Gasteiger partial charge on any atom is -0.464 e. The van der Waals surface area contributed by atoms with E-state index in [2.05, 4.69) is 18.5 Å². The molecular formula is C28H40N2O5. The Kier molecular flexibility index (Phi) is 12.8. The van der Waals surface area contributed by atoms with Crippen LogP contribution in [-0.2, 0) is 25.5 Å². The number of likely N-dealkylation sites (tertiary alicyclic amines) is 1. The second kappa shape index (κ2) is 15.9. The molecule has 0 radical (unpaired) electrons. The number of benzene rings is 1. The van der Waals surface area contributed by atoms with Crippen molar-refractivity contribution in [2.45, 2.75) is 57.4 Å². The summed E-state index contributed by atoms with van der Waals surface area (Å²) < 4.78 is 5.49. The maximum absolute atomic E-state index is 12.7. The Morgan fingerprint density at radius 2 is 1.94 bits per heavy atom. The van der Waals surface area contributed by atoms with Crippen molar-refractivity contribution in [3.63, 3.8) is 0 Å². The van der Waals surface area contributed by atoms with Crippen LogP contribution in [0.4, 0.5) is 0 Å². The maximum atomic E-state index is 12.7. The Labute approximate surface area is 209 Å². The number of nitrogens with zero attached hydrogens (tertiary/aromatic N) is 1. The summed E-state index contributed by atoms with van der Waals surface area (Å²) in [6.07, 6.45) is 8.57. The number of ether oxygens (including phenoxy) is 1. The monoisotopic (exact) mass is 484 g/mol. The third-order valence-electron chi connectivity index (χ3n) is 6.42. The van der Waals surface area contributed by atoms with E-state index < -0.39 is 5.92 Å². The normalized spacial score (nSPS) is 16.8. The van der Waals surface area contributed by atoms with E-state index in [0.717, 1.165) is 31.2 Å². The number of allylic oxidation sites excluding steroid dienone is 2. The molecule has 0 bridgehead atoms. The number of carbonyl (C=O) groups excluding carboxylic acids is 3. The largest absolute Gasteiger partial charge is 0.464 e. The van der Waals surface area contributed by atoms with Crippen LogP contribution in [0.15, 0.2) is 55.6 Å². The number of aliphatic hydroxyl groups excluding tert-OH is 1. The Morgan fingerprint density at radius 1 is 1.17 bits per heavy atom. The molecule has 7 nitrogen and oxygen atoms in total. The first-order valence-corrected chi connectivity index (χ1v) is 12.6. The fourth-order valence-electron chi connectivity index (χ4n) is 4.46. The summed E-state index contributed by atoms with van der Waals surface area (Å²) in [7, 11) is 0. The second-order valence-electron chi connectivity index (χ2n) is 9.06. The van der Waals surface area contributed by atoms with Gasteiger partial charge in [0.15, 0.2) is 0 Å². The van der Waals surface area contributed by atoms with Crippen molar-refractivity contribution < 1.29 is 24.2 Å². The molecule has 192 valence electrons. The lowest BCUT2D eigenvalue weighted by molar-refractivity contribution is -0.149. The summed E-state index contributed by atoms with van der Waals surface area (Å²) in [5, 5.41) is 12.3. The molecule has 2 N–H and O–H groups in total. The average molecular weight is 485 g/mol. The van der Waals surface area contributed by atoms with Crippen molar-refractivity contribution in [2.24, 2.45) is 11.8 Å². The smallest absolute Gasteiger partial charge is 0.309 e. The van der Waals surface area contributed by atoms with Gasteiger partial charge in [-0.15, -0.1) is 13.2 Å². The number of aliphatic hydroxyl groups is 1. The minimum absolute atomic E-state index is 0.0612. The number of amides is 2. The van der Waals surface area contributed by atoms with Crippen molar-refractivity contribution in [1.82, 2.24) is 10.2 Å². The molecular weight excluding hydrogens is 444 g/mol. The van der Waals surface area contributed by atoms with Crippen LogP contribution in [0.3, 0.4) is 0 Å². The molecule has 0 spiro atoms. The van der Waals surface area contributed by atoms with Crippen LogP contribution in [0.25, 0.3) is 0 Å². The van der Waals surface area contributed by atoms with Gasteiger partial charge in [-0.25, -0.2) is 0 Å². The van der Waals surface area contributed by atoms with Gasteiger partial charge in [0, 0.05) is 13.0 Å². The molecule has 7 heteroatoms. The predicted molar refractivity (Wildman–Crippen MR) is 136 cm³/mol. The quantitative estimate of drug-likeness (QED) is 0.213. The highest BCUT2D eigenvalue weighted by atomic mass is 16.5. The third-order valence-corrected chi connectivity index (χ3v) is 6.42. The Bertz CT molecular complexity index is 826. The minimum atomic E-state index is -0.541. The van der Waals surface area contributed by atoms with Gasteiger partial charge in [0.05, 0.1) is 31.0 Å². The zero-order valence-corrected chi connectivity index (χ0v) is 20.7. The Balaban J connectivity index is 1.81. The van der Waals surface area contributed by atoms with Crippen LogP contribution in [0.5, 0.6) is 0 Å². The highest BCUT2D eigenvalue weighted by Crippen LogP contribution is 2.21. The Morgan fingerprint density at radius 3 is 2.63 bits per heavy atom. The van der Waals surface area contributed by atoms with Crippen molar-refractivity contribution in [3.05, 3.63) is 61.2 Å². The first kappa shape index (κ1) is 28.3. The highest BCUT2D eigenvalue weighted by Gasteiger charge is 2.31. The molecule has 1 aliphatic rings. The number of hydrogen-bond acceptors (Lipinski definition) is 5. The van der Waals surface area contributed by atoms with Crippen LogP contribution in [0.2, 0.25) is 0 Å². The summed E-state index contributed by atoms with van der Waals surface area (Å²) in [4.78, 5) is 39.8. The molecule has 2 amide bonds. The summed E-state index contributed by atoms with van der Waals surface area (Å²) in [5.74, 6) is -1.45. The predicted octanol–water partition coefficient (Wildman–Crippen LogP) is 3.43. The SMILES string of the molecule is C=CCCC[C@H](Cc1ccccc1)C(=O)OCCNC(=O)[C@@H](CC=C)CC(=O)N1CCC[C@H]1CO. The lowest BCUT2D eigenvalue weighted by Gasteiger charge is -2.25. The highest BCUT2D eigenvalue weighted by molar-refractivity contribution is 5.86. The van der Waals surface area contributed by atoms with Crippen LogP contribution in [-0.4, -0.2) is 60.1 Å². The molecule has 0 unspecified atom stereocenters. The van der Waals surface area contributed by atoms with Gasteiger partial charge in [-0.3, -0.25) is 14.4 Å². The summed E-state index contributed by atoms with van der Waals surface area (Å²) in [6.45, 7) is 8.25. The first-order chi connectivity index (χ1) is 17.0. The van der Waals surface area contributed by atoms with Crippen LogP contribution in [0.1, 0.15) is 50.5 Å². The van der Waals surface area contributed by atoms with Gasteiger partial charge in [0.1, 0.15) is 6.61 Å². The number of unbranched alkanes of at least 4 members (excludes halogenated alkanes) is 1. The van der Waals surface area contributed by atoms with Gasteiger partial charge >= 0.3 is 5.97 Å². The second-order valence-corrected chi connectivity index (χ2v) is 9.06. The molecule has 1 aromatic rings. The molecule has 1 fully saturated rings. The number of hydrogen-bond donors (Lipinski definition) is 2. The number of rotatable bonds is 16. The topological polar surface area (TPSA) is 95.9 Å². The van der Waals surface area contributed by atoms with E-state index in [9.17, 15) is 19.5 Å². The average Bonchev–Trinajstić information content (AvgIpc) is 3.35. The van der Waals surface area contributed by atoms with Gasteiger partial charge < -0.3 is 20.1 Å². The molecule has 1 aromatic carbocycles. The number of esters is 1. The molecule has 1 heterocycles. The molecule has 0 aromatic heterocycles. The van der Waals surface area contributed by atoms with E-state index in [1.54, 1.807) is 11.0 Å². The van der Waals surface area contributed by atoms with Crippen molar-refractivity contribution in [2.75, 3.05) is 26.3 Å². The van der Waals surface area contributed by atoms with Gasteiger partial charge in [-0.05, 0) is 50.5 Å². The van der Waals surface area contributed by atoms with Gasteiger partial charge in [-0.2, -0.15) is 0 Å². The van der Waals surface area contributed by atoms with E-state index in [4.69, 9.17) is 4.74 Å². The fraction of sp³-hybridized carbons (Fsp3) is 0.536. The van der Waals surface area contributed by atoms with Gasteiger partial charge in [0.25, 0.3) is 0 Å². The number of nitrogens with one attached hydrogen (secondary N) is 1. The Hall–Kier alpha value is -2.93. The lowest BCUT2D eigenvalue weighted by Crippen LogP contribution is -2.41. The molecule has 3 atom stereocenters. The molecule has 1 aliphatic heterocycles. The summed E-state index contributed by atoms with van der Waals surface area (Å²) in [5.41, 5.74) is 1.08. The standard InChI is InChI=1S/C28H40N2O5/c1-3-5-7-14-24(19-22-12-8-6-9-13-22)28(34)35-18-16-29-27(33)23(11-4-2)20-26(32)30-17-10-15-25(30)21-31/h3-4,6,8-9,12-13,23-25,31H,1-2,5,7,10-11,14-21H2,(H,29,33)/t23-,24+,25-/m0/s1. The van der Waals surface area contributed by atoms with Crippen molar-refractivity contribution >= 4 is 17.8 Å². The van der Waals surface area contributed by atoms with Gasteiger partial charge in [0.2, 0.25) is 11.8 Å². The van der Waals surface area contributed by atoms with E-state index in [1.165, 1.54) is 0 Å². The van der Waals surface area contributed by atoms with Crippen molar-refractivity contribution in [1.29, 1.82) is 0 Å². The number of carbonyl (C=O) groups is 3. The molecule has 0 saturated carbocycles. The molecule has 35 heavy (non-hydrogen) atoms. The van der Waals surface area contributed by atoms with Crippen LogP contribution in [0, 0.1) is 11.8 Å². The maximum Gasteiger partial charge on any atom is 0.309 e. The first-order valence-electron chi connectivity index (χ1n) is 12.6. The molecule has 1 saturated heterocycles. The third kappa shape index (κ3) is 9.68. The zero-order valence-electron chi connectivity index (χ0n) is 20.7. The fourth-order valence-corrected chi connectivity index (χ4v) is 4.46. The van der Waals surface area contributed by atoms with E-state index in [0.29, 0.717) is 25.8 Å². The molecule has 0 aliphatic carbocycles. The van der Waals surface area contributed by atoms with E-state index in [1.807, 2.05) is 36.4 Å². The van der Waals surface area contributed by atoms with Crippen LogP contribution >= 0.6 is 0 Å². The lowest BCUT2D eigenvalue weighted by atomic mass is 9.94. The van der Waals surface area contributed by atoms with E-state index >= 15 is 0 Å². The molecule has 2 rings (SSSR count). The summed E-state index contributed by atoms with van der Waals surface area (Å²) in [6, 6.07) is 9.69. The zero-order chi connectivity index (χ0) is 25.5. The summed E-state index contributed by atoms with van der Waals surface area (Å²) >= 11 is 0. The van der Waals surface area contributed by atoms with Gasteiger partial charge in [-0.1, -0.05) is 42.5 Å². The van der Waals surface area contributed by atoms with Crippen LogP contribution < -0.4 is 5.32 Å². The van der Waals surface area contributed by atoms with E-state index in [-0.39, 0.29) is 55.9 Å². The van der Waals surface area contributed by atoms with Crippen molar-refractivity contribution in [3.8, 4) is 0 Å².